The zero-order valence-electron chi connectivity index (χ0n) is 19.5. The van der Waals surface area contributed by atoms with Crippen LogP contribution in [0.3, 0.4) is 0 Å². The smallest absolute Gasteiger partial charge is 0.307 e. The van der Waals surface area contributed by atoms with Crippen LogP contribution in [0, 0.1) is 5.41 Å². The number of carbonyl (C=O) groups is 2. The molecule has 0 unspecified atom stereocenters. The Kier molecular flexibility index (Phi) is 8.28. The first kappa shape index (κ1) is 25.6. The van der Waals surface area contributed by atoms with E-state index < -0.39 is 11.4 Å². The molecule has 0 aliphatic carbocycles. The minimum Gasteiger partial charge on any atom is -0.461 e. The molecular weight excluding hydrogens is 474 g/mol. The van der Waals surface area contributed by atoms with E-state index in [2.05, 4.69) is 11.7 Å². The van der Waals surface area contributed by atoms with Crippen molar-refractivity contribution in [3.05, 3.63) is 74.4 Å². The summed E-state index contributed by atoms with van der Waals surface area (Å²) in [6.07, 6.45) is 4.44. The van der Waals surface area contributed by atoms with Gasteiger partial charge in [-0.3, -0.25) is 14.4 Å². The summed E-state index contributed by atoms with van der Waals surface area (Å²) in [5.41, 5.74) is 0.575. The van der Waals surface area contributed by atoms with Crippen molar-refractivity contribution in [2.75, 3.05) is 6.61 Å². The molecule has 0 spiro atoms. The number of esters is 1. The second-order valence-electron chi connectivity index (χ2n) is 8.84. The minimum absolute atomic E-state index is 0.0583. The first-order chi connectivity index (χ1) is 16.1. The van der Waals surface area contributed by atoms with Crippen molar-refractivity contribution in [1.29, 1.82) is 0 Å². The standard InChI is InChI=1S/C25H28ClN3O4S/c1-5-15-33-22(30)12-14-28-13-6-7-19(23(28)31)20-16-17(8-9-18-10-11-21(26)34-18)29(27-20)24(32)25(2,3)4/h5-7,10-11,13,16H,1,8-9,12,14-15H2,2-4H3. The van der Waals surface area contributed by atoms with Crippen molar-refractivity contribution in [1.82, 2.24) is 14.3 Å². The maximum Gasteiger partial charge on any atom is 0.307 e. The fourth-order valence-electron chi connectivity index (χ4n) is 3.30. The van der Waals surface area contributed by atoms with E-state index in [4.69, 9.17) is 16.3 Å². The molecule has 3 aromatic rings. The molecule has 7 nitrogen and oxygen atoms in total. The number of hydrogen-bond acceptors (Lipinski definition) is 6. The highest BCUT2D eigenvalue weighted by Gasteiger charge is 2.27. The van der Waals surface area contributed by atoms with E-state index in [1.54, 1.807) is 24.4 Å². The van der Waals surface area contributed by atoms with Gasteiger partial charge in [-0.25, -0.2) is 4.68 Å². The van der Waals surface area contributed by atoms with Crippen LogP contribution in [0.2, 0.25) is 4.34 Å². The average Bonchev–Trinajstić information content (AvgIpc) is 3.40. The summed E-state index contributed by atoms with van der Waals surface area (Å²) in [5.74, 6) is -0.563. The maximum absolute atomic E-state index is 13.1. The van der Waals surface area contributed by atoms with Gasteiger partial charge < -0.3 is 9.30 Å². The van der Waals surface area contributed by atoms with Crippen LogP contribution in [-0.2, 0) is 28.9 Å². The molecule has 0 saturated heterocycles. The molecule has 0 atom stereocenters. The number of halogens is 1. The molecule has 3 heterocycles. The van der Waals surface area contributed by atoms with Gasteiger partial charge in [-0.05, 0) is 43.2 Å². The molecular formula is C25H28ClN3O4S. The number of pyridine rings is 1. The molecule has 0 radical (unpaired) electrons. The van der Waals surface area contributed by atoms with E-state index in [9.17, 15) is 14.4 Å². The number of thiophene rings is 1. The van der Waals surface area contributed by atoms with Crippen LogP contribution < -0.4 is 5.56 Å². The molecule has 0 aromatic carbocycles. The van der Waals surface area contributed by atoms with Crippen LogP contribution >= 0.6 is 22.9 Å². The number of ether oxygens (including phenoxy) is 1. The Morgan fingerprint density at radius 1 is 1.24 bits per heavy atom. The number of hydrogen-bond donors (Lipinski definition) is 0. The lowest BCUT2D eigenvalue weighted by atomic mass is 9.95. The zero-order valence-corrected chi connectivity index (χ0v) is 21.1. The Morgan fingerprint density at radius 2 is 2.00 bits per heavy atom. The quantitative estimate of drug-likeness (QED) is 0.304. The normalized spacial score (nSPS) is 11.4. The van der Waals surface area contributed by atoms with E-state index in [1.807, 2.05) is 32.9 Å². The Balaban J connectivity index is 1.90. The van der Waals surface area contributed by atoms with E-state index in [0.717, 1.165) is 10.6 Å². The van der Waals surface area contributed by atoms with Gasteiger partial charge in [0, 0.05) is 28.7 Å². The lowest BCUT2D eigenvalue weighted by molar-refractivity contribution is -0.142. The monoisotopic (exact) mass is 501 g/mol. The van der Waals surface area contributed by atoms with Gasteiger partial charge >= 0.3 is 5.97 Å². The lowest BCUT2D eigenvalue weighted by Crippen LogP contribution is -2.29. The Bertz CT molecular complexity index is 1250. The second-order valence-corrected chi connectivity index (χ2v) is 10.6. The highest BCUT2D eigenvalue weighted by molar-refractivity contribution is 7.16. The first-order valence-electron chi connectivity index (χ1n) is 10.9. The number of nitrogens with zero attached hydrogens (tertiary/aromatic N) is 3. The molecule has 0 fully saturated rings. The summed E-state index contributed by atoms with van der Waals surface area (Å²) >= 11 is 7.55. The fraction of sp³-hybridized carbons (Fsp3) is 0.360. The highest BCUT2D eigenvalue weighted by atomic mass is 35.5. The van der Waals surface area contributed by atoms with Crippen molar-refractivity contribution in [3.63, 3.8) is 0 Å². The van der Waals surface area contributed by atoms with Crippen molar-refractivity contribution in [2.24, 2.45) is 5.41 Å². The Labute approximate surface area is 207 Å². The third-order valence-electron chi connectivity index (χ3n) is 5.09. The van der Waals surface area contributed by atoms with Gasteiger partial charge in [-0.1, -0.05) is 45.0 Å². The predicted octanol–water partition coefficient (Wildman–Crippen LogP) is 5.02. The van der Waals surface area contributed by atoms with Crippen LogP contribution in [0.15, 0.2) is 54.0 Å². The topological polar surface area (TPSA) is 83.2 Å². The highest BCUT2D eigenvalue weighted by Crippen LogP contribution is 2.25. The average molecular weight is 502 g/mol. The van der Waals surface area contributed by atoms with Crippen LogP contribution in [0.5, 0.6) is 0 Å². The molecule has 34 heavy (non-hydrogen) atoms. The summed E-state index contributed by atoms with van der Waals surface area (Å²) < 4.78 is 8.55. The predicted molar refractivity (Wildman–Crippen MR) is 135 cm³/mol. The molecule has 9 heteroatoms. The van der Waals surface area contributed by atoms with Crippen LogP contribution in [-0.4, -0.2) is 32.8 Å². The minimum atomic E-state index is -0.646. The van der Waals surface area contributed by atoms with Gasteiger partial charge in [-0.2, -0.15) is 5.10 Å². The summed E-state index contributed by atoms with van der Waals surface area (Å²) in [4.78, 5) is 39.1. The van der Waals surface area contributed by atoms with Gasteiger partial charge in [-0.15, -0.1) is 11.3 Å². The number of carbonyl (C=O) groups excluding carboxylic acids is 2. The molecule has 0 amide bonds. The Morgan fingerprint density at radius 3 is 2.65 bits per heavy atom. The van der Waals surface area contributed by atoms with Crippen molar-refractivity contribution in [2.45, 2.75) is 46.6 Å². The van der Waals surface area contributed by atoms with Gasteiger partial charge in [0.2, 0.25) is 0 Å². The molecule has 0 aliphatic heterocycles. The number of aryl methyl sites for hydroxylation is 3. The zero-order chi connectivity index (χ0) is 24.9. The van der Waals surface area contributed by atoms with Crippen molar-refractivity contribution >= 4 is 34.8 Å². The van der Waals surface area contributed by atoms with E-state index in [-0.39, 0.29) is 31.0 Å². The number of rotatable bonds is 9. The maximum atomic E-state index is 13.1. The molecule has 3 rings (SSSR count). The summed E-state index contributed by atoms with van der Waals surface area (Å²) in [6, 6.07) is 9.01. The summed E-state index contributed by atoms with van der Waals surface area (Å²) in [7, 11) is 0. The van der Waals surface area contributed by atoms with E-state index in [1.165, 1.54) is 26.7 Å². The molecule has 180 valence electrons. The summed E-state index contributed by atoms with van der Waals surface area (Å²) in [5, 5.41) is 4.53. The van der Waals surface area contributed by atoms with Crippen LogP contribution in [0.25, 0.3) is 11.3 Å². The third-order valence-corrected chi connectivity index (χ3v) is 6.38. The summed E-state index contributed by atoms with van der Waals surface area (Å²) in [6.45, 7) is 9.32. The van der Waals surface area contributed by atoms with Crippen LogP contribution in [0.4, 0.5) is 0 Å². The SMILES string of the molecule is C=CCOC(=O)CCn1cccc(-c2cc(CCc3ccc(Cl)s3)n(C(=O)C(C)(C)C)n2)c1=O. The van der Waals surface area contributed by atoms with Crippen LogP contribution in [0.1, 0.15) is 42.6 Å². The lowest BCUT2D eigenvalue weighted by Gasteiger charge is -2.17. The van der Waals surface area contributed by atoms with Gasteiger partial charge in [0.1, 0.15) is 6.61 Å². The van der Waals surface area contributed by atoms with Gasteiger partial charge in [0.25, 0.3) is 11.5 Å². The van der Waals surface area contributed by atoms with E-state index >= 15 is 0 Å². The second kappa shape index (κ2) is 11.0. The molecule has 0 aliphatic rings. The number of aromatic nitrogens is 3. The first-order valence-corrected chi connectivity index (χ1v) is 12.1. The Hall–Kier alpha value is -2.97. The molecule has 0 N–H and O–H groups in total. The molecule has 0 bridgehead atoms. The molecule has 0 saturated carbocycles. The largest absolute Gasteiger partial charge is 0.461 e. The molecule has 3 aromatic heterocycles. The van der Waals surface area contributed by atoms with E-state index in [0.29, 0.717) is 28.4 Å². The van der Waals surface area contributed by atoms with Gasteiger partial charge in [0.05, 0.1) is 22.0 Å². The van der Waals surface area contributed by atoms with Gasteiger partial charge in [0.15, 0.2) is 0 Å². The van der Waals surface area contributed by atoms with Crippen molar-refractivity contribution < 1.29 is 14.3 Å². The fourth-order valence-corrected chi connectivity index (χ4v) is 4.39. The van der Waals surface area contributed by atoms with Crippen molar-refractivity contribution in [3.8, 4) is 11.3 Å². The third kappa shape index (κ3) is 6.33.